The SMILES string of the molecule is Cc1ccc(S(=O)(=O)N2C[C@@H](N[S@](=O)C(C)(C)C)CCC23CCC3)cc1. The molecule has 5 nitrogen and oxygen atoms in total. The predicted octanol–water partition coefficient (Wildman–Crippen LogP) is 3.12. The smallest absolute Gasteiger partial charge is 0.242 e. The zero-order valence-electron chi connectivity index (χ0n) is 16.1. The molecule has 0 radical (unpaired) electrons. The van der Waals surface area contributed by atoms with Crippen molar-refractivity contribution >= 4 is 21.0 Å². The first-order valence-electron chi connectivity index (χ1n) is 9.32. The normalized spacial score (nSPS) is 25.0. The Bertz CT molecular complexity index is 778. The Morgan fingerprint density at radius 2 is 1.77 bits per heavy atom. The van der Waals surface area contributed by atoms with Crippen LogP contribution in [-0.4, -0.2) is 39.8 Å². The van der Waals surface area contributed by atoms with Gasteiger partial charge in [0.15, 0.2) is 0 Å². The zero-order valence-corrected chi connectivity index (χ0v) is 17.8. The highest BCUT2D eigenvalue weighted by molar-refractivity contribution is 7.89. The van der Waals surface area contributed by atoms with Crippen molar-refractivity contribution in [3.63, 3.8) is 0 Å². The van der Waals surface area contributed by atoms with Crippen LogP contribution in [0.3, 0.4) is 0 Å². The predicted molar refractivity (Wildman–Crippen MR) is 106 cm³/mol. The number of hydrogen-bond acceptors (Lipinski definition) is 3. The van der Waals surface area contributed by atoms with E-state index in [-0.39, 0.29) is 16.3 Å². The van der Waals surface area contributed by atoms with Crippen LogP contribution in [0.4, 0.5) is 0 Å². The van der Waals surface area contributed by atoms with Crippen LogP contribution in [0.1, 0.15) is 58.4 Å². The maximum atomic E-state index is 13.4. The van der Waals surface area contributed by atoms with E-state index in [1.807, 2.05) is 39.8 Å². The second-order valence-electron chi connectivity index (χ2n) is 8.66. The van der Waals surface area contributed by atoms with E-state index in [0.717, 1.165) is 37.7 Å². The van der Waals surface area contributed by atoms with E-state index in [4.69, 9.17) is 0 Å². The van der Waals surface area contributed by atoms with Crippen LogP contribution in [0, 0.1) is 6.92 Å². The third-order valence-electron chi connectivity index (χ3n) is 5.60. The van der Waals surface area contributed by atoms with Crippen LogP contribution in [0.2, 0.25) is 0 Å². The summed E-state index contributed by atoms with van der Waals surface area (Å²) in [6.45, 7) is 8.11. The number of aryl methyl sites for hydroxylation is 1. The lowest BCUT2D eigenvalue weighted by Crippen LogP contribution is -2.63. The van der Waals surface area contributed by atoms with Crippen LogP contribution < -0.4 is 4.72 Å². The summed E-state index contributed by atoms with van der Waals surface area (Å²) < 4.78 is 43.7. The van der Waals surface area contributed by atoms with Crippen molar-refractivity contribution in [2.24, 2.45) is 0 Å². The number of hydrogen-bond donors (Lipinski definition) is 1. The van der Waals surface area contributed by atoms with Crippen molar-refractivity contribution in [2.45, 2.75) is 81.0 Å². The molecule has 1 aromatic rings. The molecule has 0 amide bonds. The molecule has 1 aliphatic carbocycles. The van der Waals surface area contributed by atoms with Crippen molar-refractivity contribution in [1.82, 2.24) is 9.03 Å². The summed E-state index contributed by atoms with van der Waals surface area (Å²) >= 11 is 0. The van der Waals surface area contributed by atoms with E-state index in [9.17, 15) is 12.6 Å². The van der Waals surface area contributed by atoms with Gasteiger partial charge in [-0.05, 0) is 71.9 Å². The molecule has 7 heteroatoms. The van der Waals surface area contributed by atoms with Gasteiger partial charge in [-0.2, -0.15) is 4.31 Å². The number of piperidine rings is 1. The van der Waals surface area contributed by atoms with E-state index in [1.165, 1.54) is 0 Å². The van der Waals surface area contributed by atoms with Gasteiger partial charge in [-0.15, -0.1) is 0 Å². The quantitative estimate of drug-likeness (QED) is 0.847. The Labute approximate surface area is 160 Å². The lowest BCUT2D eigenvalue weighted by molar-refractivity contribution is 0.0399. The summed E-state index contributed by atoms with van der Waals surface area (Å²) in [4.78, 5) is 0.354. The van der Waals surface area contributed by atoms with E-state index in [2.05, 4.69) is 4.72 Å². The summed E-state index contributed by atoms with van der Waals surface area (Å²) in [5.41, 5.74) is 0.798. The zero-order chi connectivity index (χ0) is 19.2. The first-order chi connectivity index (χ1) is 12.0. The molecular weight excluding hydrogens is 368 g/mol. The van der Waals surface area contributed by atoms with Gasteiger partial charge in [-0.25, -0.2) is 17.3 Å². The average Bonchev–Trinajstić information content (AvgIpc) is 2.53. The molecule has 1 heterocycles. The Morgan fingerprint density at radius 1 is 1.15 bits per heavy atom. The van der Waals surface area contributed by atoms with Crippen molar-refractivity contribution in [1.29, 1.82) is 0 Å². The second-order valence-corrected chi connectivity index (χ2v) is 12.5. The molecule has 26 heavy (non-hydrogen) atoms. The molecule has 2 fully saturated rings. The van der Waals surface area contributed by atoms with Crippen molar-refractivity contribution in [3.05, 3.63) is 29.8 Å². The molecule has 2 aliphatic rings. The Hall–Kier alpha value is -0.760. The molecule has 0 aromatic heterocycles. The van der Waals surface area contributed by atoms with Crippen LogP contribution in [0.5, 0.6) is 0 Å². The topological polar surface area (TPSA) is 66.5 Å². The molecule has 1 spiro atoms. The average molecular weight is 399 g/mol. The highest BCUT2D eigenvalue weighted by Crippen LogP contribution is 2.47. The summed E-state index contributed by atoms with van der Waals surface area (Å²) in [5, 5.41) is 0. The Kier molecular flexibility index (Phi) is 5.38. The summed E-state index contributed by atoms with van der Waals surface area (Å²) in [6, 6.07) is 6.99. The lowest BCUT2D eigenvalue weighted by atomic mass is 9.71. The molecule has 1 saturated carbocycles. The van der Waals surface area contributed by atoms with Crippen molar-refractivity contribution < 1.29 is 12.6 Å². The van der Waals surface area contributed by atoms with E-state index >= 15 is 0 Å². The summed E-state index contributed by atoms with van der Waals surface area (Å²) in [6.07, 6.45) is 4.62. The molecule has 3 rings (SSSR count). The fourth-order valence-corrected chi connectivity index (χ4v) is 6.50. The third-order valence-corrected chi connectivity index (χ3v) is 9.24. The highest BCUT2D eigenvalue weighted by Gasteiger charge is 2.51. The van der Waals surface area contributed by atoms with E-state index in [0.29, 0.717) is 11.4 Å². The number of benzene rings is 1. The van der Waals surface area contributed by atoms with Crippen LogP contribution in [-0.2, 0) is 21.0 Å². The molecule has 1 N–H and O–H groups in total. The van der Waals surface area contributed by atoms with Gasteiger partial charge in [0, 0.05) is 18.1 Å². The van der Waals surface area contributed by atoms with Gasteiger partial charge in [-0.1, -0.05) is 17.7 Å². The van der Waals surface area contributed by atoms with E-state index in [1.54, 1.807) is 16.4 Å². The van der Waals surface area contributed by atoms with Gasteiger partial charge >= 0.3 is 0 Å². The molecular formula is C19H30N2O3S2. The van der Waals surface area contributed by atoms with Gasteiger partial charge in [-0.3, -0.25) is 0 Å². The first-order valence-corrected chi connectivity index (χ1v) is 11.9. The maximum absolute atomic E-state index is 13.4. The first kappa shape index (κ1) is 20.0. The van der Waals surface area contributed by atoms with Crippen molar-refractivity contribution in [2.75, 3.05) is 6.54 Å². The summed E-state index contributed by atoms with van der Waals surface area (Å²) in [5.74, 6) is 0. The minimum atomic E-state index is -3.56. The summed E-state index contributed by atoms with van der Waals surface area (Å²) in [7, 11) is -4.76. The molecule has 146 valence electrons. The molecule has 1 saturated heterocycles. The molecule has 1 aromatic carbocycles. The molecule has 0 bridgehead atoms. The van der Waals surface area contributed by atoms with Gasteiger partial charge in [0.2, 0.25) is 10.0 Å². The van der Waals surface area contributed by atoms with Crippen LogP contribution in [0.15, 0.2) is 29.2 Å². The van der Waals surface area contributed by atoms with Gasteiger partial charge in [0.1, 0.15) is 0 Å². The van der Waals surface area contributed by atoms with Gasteiger partial charge in [0.25, 0.3) is 0 Å². The van der Waals surface area contributed by atoms with Crippen molar-refractivity contribution in [3.8, 4) is 0 Å². The lowest BCUT2D eigenvalue weighted by Gasteiger charge is -2.53. The Morgan fingerprint density at radius 3 is 2.27 bits per heavy atom. The third kappa shape index (κ3) is 3.77. The second kappa shape index (κ2) is 7.00. The fourth-order valence-electron chi connectivity index (χ4n) is 3.75. The van der Waals surface area contributed by atoms with Gasteiger partial charge < -0.3 is 0 Å². The Balaban J connectivity index is 1.86. The standard InChI is InChI=1S/C19H30N2O3S2/c1-15-6-8-17(9-7-15)26(23,24)21-14-16(20-25(22)18(2,3)4)10-13-19(21)11-5-12-19/h6-9,16,20H,5,10-14H2,1-4H3/t16-,25+/m0/s1. The van der Waals surface area contributed by atoms with Gasteiger partial charge in [0.05, 0.1) is 20.6 Å². The molecule has 1 aliphatic heterocycles. The highest BCUT2D eigenvalue weighted by atomic mass is 32.2. The molecule has 2 atom stereocenters. The fraction of sp³-hybridized carbons (Fsp3) is 0.684. The maximum Gasteiger partial charge on any atom is 0.243 e. The number of nitrogens with one attached hydrogen (secondary N) is 1. The monoisotopic (exact) mass is 398 g/mol. The molecule has 0 unspecified atom stereocenters. The van der Waals surface area contributed by atoms with Crippen LogP contribution in [0.25, 0.3) is 0 Å². The number of sulfonamides is 1. The minimum absolute atomic E-state index is 0.0819. The number of rotatable bonds is 4. The van der Waals surface area contributed by atoms with Crippen LogP contribution >= 0.6 is 0 Å². The number of nitrogens with zero attached hydrogens (tertiary/aromatic N) is 1. The van der Waals surface area contributed by atoms with E-state index < -0.39 is 21.0 Å². The minimum Gasteiger partial charge on any atom is -0.242 e. The largest absolute Gasteiger partial charge is 0.243 e.